The first-order valence-corrected chi connectivity index (χ1v) is 10.3. The van der Waals surface area contributed by atoms with E-state index in [1.165, 1.54) is 0 Å². The summed E-state index contributed by atoms with van der Waals surface area (Å²) in [5.41, 5.74) is 0.969. The smallest absolute Gasteiger partial charge is 0.193 e. The van der Waals surface area contributed by atoms with Crippen LogP contribution < -0.4 is 10.1 Å². The van der Waals surface area contributed by atoms with Gasteiger partial charge in [-0.2, -0.15) is 0 Å². The molecule has 1 heterocycles. The maximum atomic E-state index is 12.2. The Labute approximate surface area is 155 Å². The van der Waals surface area contributed by atoms with Crippen molar-refractivity contribution < 1.29 is 13.2 Å². The summed E-state index contributed by atoms with van der Waals surface area (Å²) in [5, 5.41) is 3.92. The molecular weight excluding hydrogens is 362 g/mol. The van der Waals surface area contributed by atoms with Gasteiger partial charge in [-0.3, -0.25) is 4.99 Å². The lowest BCUT2D eigenvalue weighted by Crippen LogP contribution is -2.57. The molecule has 1 saturated heterocycles. The van der Waals surface area contributed by atoms with Gasteiger partial charge in [0.15, 0.2) is 15.8 Å². The molecule has 8 heteroatoms. The van der Waals surface area contributed by atoms with E-state index in [1.54, 1.807) is 27.0 Å². The first-order chi connectivity index (χ1) is 11.7. The van der Waals surface area contributed by atoms with E-state index in [9.17, 15) is 8.42 Å². The van der Waals surface area contributed by atoms with Crippen LogP contribution in [0.5, 0.6) is 5.75 Å². The third kappa shape index (κ3) is 4.58. The monoisotopic (exact) mass is 387 g/mol. The van der Waals surface area contributed by atoms with E-state index in [0.717, 1.165) is 11.3 Å². The second-order valence-electron chi connectivity index (χ2n) is 6.59. The number of nitrogens with one attached hydrogen (secondary N) is 1. The molecule has 140 valence electrons. The van der Waals surface area contributed by atoms with Gasteiger partial charge < -0.3 is 15.0 Å². The van der Waals surface area contributed by atoms with Crippen LogP contribution in [0.1, 0.15) is 26.3 Å². The third-order valence-corrected chi connectivity index (χ3v) is 7.09. The van der Waals surface area contributed by atoms with Gasteiger partial charge in [0.25, 0.3) is 0 Å². The zero-order chi connectivity index (χ0) is 18.7. The van der Waals surface area contributed by atoms with Gasteiger partial charge in [-0.1, -0.05) is 17.7 Å². The van der Waals surface area contributed by atoms with E-state index in [4.69, 9.17) is 16.3 Å². The number of ether oxygens (including phenoxy) is 1. The molecule has 1 fully saturated rings. The van der Waals surface area contributed by atoms with Gasteiger partial charge in [-0.05, 0) is 32.9 Å². The first-order valence-electron chi connectivity index (χ1n) is 8.29. The minimum Gasteiger partial charge on any atom is -0.493 e. The molecular formula is C17H26ClN3O3S. The molecule has 0 unspecified atom stereocenters. The van der Waals surface area contributed by atoms with Crippen LogP contribution >= 0.6 is 11.6 Å². The van der Waals surface area contributed by atoms with Crippen molar-refractivity contribution in [2.75, 3.05) is 32.5 Å². The summed E-state index contributed by atoms with van der Waals surface area (Å²) in [6.45, 7) is 7.36. The molecule has 0 aromatic heterocycles. The fourth-order valence-corrected chi connectivity index (χ4v) is 4.32. The van der Waals surface area contributed by atoms with Crippen molar-refractivity contribution in [2.24, 2.45) is 4.99 Å². The van der Waals surface area contributed by atoms with Crippen molar-refractivity contribution in [3.63, 3.8) is 0 Å². The van der Waals surface area contributed by atoms with Crippen LogP contribution in [0, 0.1) is 0 Å². The Balaban J connectivity index is 2.09. The lowest BCUT2D eigenvalue weighted by Gasteiger charge is -2.39. The largest absolute Gasteiger partial charge is 0.493 e. The van der Waals surface area contributed by atoms with E-state index in [1.807, 2.05) is 24.0 Å². The SMILES string of the molecule is CCOc1cc(Cl)ccc1CNC(=NC)N1CCS(=O)(=O)C(C)(C)C1. The van der Waals surface area contributed by atoms with Gasteiger partial charge in [0.1, 0.15) is 5.75 Å². The van der Waals surface area contributed by atoms with Crippen LogP contribution in [0.25, 0.3) is 0 Å². The Hall–Kier alpha value is -1.47. The Kier molecular flexibility index (Phi) is 6.21. The minimum atomic E-state index is -3.08. The molecule has 0 amide bonds. The van der Waals surface area contributed by atoms with Gasteiger partial charge in [0.05, 0.1) is 17.1 Å². The van der Waals surface area contributed by atoms with Crippen molar-refractivity contribution in [3.05, 3.63) is 28.8 Å². The molecule has 0 radical (unpaired) electrons. The second kappa shape index (κ2) is 7.83. The van der Waals surface area contributed by atoms with E-state index < -0.39 is 14.6 Å². The molecule has 2 rings (SSSR count). The summed E-state index contributed by atoms with van der Waals surface area (Å²) >= 11 is 6.03. The van der Waals surface area contributed by atoms with Gasteiger partial charge in [0, 0.05) is 37.3 Å². The van der Waals surface area contributed by atoms with Crippen molar-refractivity contribution in [1.82, 2.24) is 10.2 Å². The second-order valence-corrected chi connectivity index (χ2v) is 9.77. The van der Waals surface area contributed by atoms with Crippen molar-refractivity contribution in [2.45, 2.75) is 32.1 Å². The molecule has 0 spiro atoms. The number of aliphatic imine (C=N–C) groups is 1. The standard InChI is InChI=1S/C17H26ClN3O3S/c1-5-24-15-10-14(18)7-6-13(15)11-20-16(19-4)21-8-9-25(22,23)17(2,3)12-21/h6-7,10H,5,8-9,11-12H2,1-4H3,(H,19,20). The molecule has 1 N–H and O–H groups in total. The molecule has 0 atom stereocenters. The Morgan fingerprint density at radius 2 is 2.16 bits per heavy atom. The summed E-state index contributed by atoms with van der Waals surface area (Å²) in [4.78, 5) is 6.29. The lowest BCUT2D eigenvalue weighted by molar-refractivity contribution is 0.334. The van der Waals surface area contributed by atoms with E-state index >= 15 is 0 Å². The topological polar surface area (TPSA) is 71.0 Å². The molecule has 0 aliphatic carbocycles. The predicted octanol–water partition coefficient (Wildman–Crippen LogP) is 2.32. The quantitative estimate of drug-likeness (QED) is 0.634. The van der Waals surface area contributed by atoms with Gasteiger partial charge in [-0.15, -0.1) is 0 Å². The molecule has 0 bridgehead atoms. The highest BCUT2D eigenvalue weighted by Crippen LogP contribution is 2.25. The highest BCUT2D eigenvalue weighted by molar-refractivity contribution is 7.92. The molecule has 0 saturated carbocycles. The molecule has 1 aliphatic rings. The minimum absolute atomic E-state index is 0.131. The normalized spacial score (nSPS) is 19.6. The summed E-state index contributed by atoms with van der Waals surface area (Å²) in [5.74, 6) is 1.55. The first kappa shape index (κ1) is 19.8. The van der Waals surface area contributed by atoms with E-state index in [-0.39, 0.29) is 5.75 Å². The molecule has 1 aliphatic heterocycles. The van der Waals surface area contributed by atoms with Crippen LogP contribution in [0.2, 0.25) is 5.02 Å². The van der Waals surface area contributed by atoms with Crippen molar-refractivity contribution in [1.29, 1.82) is 0 Å². The predicted molar refractivity (Wildman–Crippen MR) is 102 cm³/mol. The van der Waals surface area contributed by atoms with Crippen molar-refractivity contribution >= 4 is 27.4 Å². The van der Waals surface area contributed by atoms with E-state index in [2.05, 4.69) is 10.3 Å². The highest BCUT2D eigenvalue weighted by Gasteiger charge is 2.40. The van der Waals surface area contributed by atoms with Crippen LogP contribution in [0.3, 0.4) is 0 Å². The average molecular weight is 388 g/mol. The number of halogens is 1. The maximum Gasteiger partial charge on any atom is 0.193 e. The van der Waals surface area contributed by atoms with Gasteiger partial charge in [-0.25, -0.2) is 8.42 Å². The van der Waals surface area contributed by atoms with Crippen LogP contribution in [-0.2, 0) is 16.4 Å². The number of hydrogen-bond donors (Lipinski definition) is 1. The van der Waals surface area contributed by atoms with Crippen LogP contribution in [0.15, 0.2) is 23.2 Å². The van der Waals surface area contributed by atoms with Crippen LogP contribution in [0.4, 0.5) is 0 Å². The fraction of sp³-hybridized carbons (Fsp3) is 0.588. The number of sulfone groups is 1. The average Bonchev–Trinajstić information content (AvgIpc) is 2.53. The number of rotatable bonds is 4. The van der Waals surface area contributed by atoms with E-state index in [0.29, 0.717) is 37.2 Å². The Morgan fingerprint density at radius 3 is 2.76 bits per heavy atom. The van der Waals surface area contributed by atoms with Crippen LogP contribution in [-0.4, -0.2) is 56.5 Å². The molecule has 6 nitrogen and oxygen atoms in total. The highest BCUT2D eigenvalue weighted by atomic mass is 35.5. The number of guanidine groups is 1. The lowest BCUT2D eigenvalue weighted by atomic mass is 10.2. The summed E-state index contributed by atoms with van der Waals surface area (Å²) < 4.78 is 29.2. The number of benzene rings is 1. The molecule has 25 heavy (non-hydrogen) atoms. The summed E-state index contributed by atoms with van der Waals surface area (Å²) in [6, 6.07) is 5.53. The zero-order valence-electron chi connectivity index (χ0n) is 15.2. The Bertz CT molecular complexity index is 748. The zero-order valence-corrected chi connectivity index (χ0v) is 16.7. The number of nitrogens with zero attached hydrogens (tertiary/aromatic N) is 2. The molecule has 1 aromatic rings. The fourth-order valence-electron chi connectivity index (χ4n) is 2.80. The summed E-state index contributed by atoms with van der Waals surface area (Å²) in [6.07, 6.45) is 0. The maximum absolute atomic E-state index is 12.2. The Morgan fingerprint density at radius 1 is 1.44 bits per heavy atom. The summed E-state index contributed by atoms with van der Waals surface area (Å²) in [7, 11) is -1.38. The van der Waals surface area contributed by atoms with Crippen molar-refractivity contribution in [3.8, 4) is 5.75 Å². The third-order valence-electron chi connectivity index (χ3n) is 4.32. The number of hydrogen-bond acceptors (Lipinski definition) is 4. The molecule has 1 aromatic carbocycles. The van der Waals surface area contributed by atoms with Gasteiger partial charge in [0.2, 0.25) is 0 Å². The van der Waals surface area contributed by atoms with Gasteiger partial charge >= 0.3 is 0 Å².